The number of anilines is 1. The van der Waals surface area contributed by atoms with Gasteiger partial charge in [-0.2, -0.15) is 0 Å². The van der Waals surface area contributed by atoms with Crippen LogP contribution >= 0.6 is 11.3 Å². The zero-order valence-electron chi connectivity index (χ0n) is 16.1. The number of ether oxygens (including phenoxy) is 2. The normalized spacial score (nSPS) is 10.5. The maximum Gasteiger partial charge on any atom is 0.257 e. The molecule has 0 aliphatic carbocycles. The van der Waals surface area contributed by atoms with Crippen LogP contribution in [0, 0.1) is 0 Å². The first-order chi connectivity index (χ1) is 13.7. The van der Waals surface area contributed by atoms with Crippen molar-refractivity contribution in [2.45, 2.75) is 26.2 Å². The minimum Gasteiger partial charge on any atom is -0.497 e. The third-order valence-corrected chi connectivity index (χ3v) is 4.96. The van der Waals surface area contributed by atoms with E-state index in [-0.39, 0.29) is 5.91 Å². The monoisotopic (exact) mass is 396 g/mol. The second-order valence-electron chi connectivity index (χ2n) is 6.31. The second kappa shape index (κ2) is 9.90. The van der Waals surface area contributed by atoms with Crippen LogP contribution in [-0.2, 0) is 0 Å². The number of rotatable bonds is 9. The molecule has 1 heterocycles. The number of nitrogens with zero attached hydrogens (tertiary/aromatic N) is 1. The van der Waals surface area contributed by atoms with Gasteiger partial charge in [-0.05, 0) is 36.8 Å². The van der Waals surface area contributed by atoms with Crippen LogP contribution in [0.5, 0.6) is 11.5 Å². The maximum atomic E-state index is 12.6. The second-order valence-corrected chi connectivity index (χ2v) is 7.17. The molecule has 2 aromatic carbocycles. The summed E-state index contributed by atoms with van der Waals surface area (Å²) >= 11 is 1.39. The Hall–Kier alpha value is -2.86. The first-order valence-corrected chi connectivity index (χ1v) is 10.2. The van der Waals surface area contributed by atoms with Gasteiger partial charge in [-0.15, -0.1) is 11.3 Å². The summed E-state index contributed by atoms with van der Waals surface area (Å²) in [4.78, 5) is 17.1. The summed E-state index contributed by atoms with van der Waals surface area (Å²) in [6, 6.07) is 14.9. The summed E-state index contributed by atoms with van der Waals surface area (Å²) in [5.41, 5.74) is 2.29. The van der Waals surface area contributed by atoms with Crippen molar-refractivity contribution in [2.75, 3.05) is 19.0 Å². The van der Waals surface area contributed by atoms with Crippen molar-refractivity contribution in [1.29, 1.82) is 0 Å². The number of benzene rings is 2. The van der Waals surface area contributed by atoms with E-state index in [1.54, 1.807) is 19.2 Å². The van der Waals surface area contributed by atoms with Gasteiger partial charge in [0.25, 0.3) is 5.91 Å². The molecule has 5 nitrogen and oxygen atoms in total. The van der Waals surface area contributed by atoms with E-state index in [0.717, 1.165) is 36.3 Å². The lowest BCUT2D eigenvalue weighted by atomic mass is 10.2. The Morgan fingerprint density at radius 2 is 1.93 bits per heavy atom. The lowest BCUT2D eigenvalue weighted by molar-refractivity contribution is 0.102. The van der Waals surface area contributed by atoms with Crippen molar-refractivity contribution >= 4 is 22.4 Å². The molecule has 3 rings (SSSR count). The largest absolute Gasteiger partial charge is 0.497 e. The average molecular weight is 397 g/mol. The predicted octanol–water partition coefficient (Wildman–Crippen LogP) is 5.64. The first-order valence-electron chi connectivity index (χ1n) is 9.33. The molecule has 0 radical (unpaired) electrons. The van der Waals surface area contributed by atoms with Crippen LogP contribution in [0.3, 0.4) is 0 Å². The highest BCUT2D eigenvalue weighted by atomic mass is 32.1. The number of nitrogens with one attached hydrogen (secondary N) is 1. The van der Waals surface area contributed by atoms with E-state index in [9.17, 15) is 4.79 Å². The topological polar surface area (TPSA) is 60.5 Å². The first kappa shape index (κ1) is 19.9. The molecule has 1 amide bonds. The molecule has 0 aliphatic rings. The molecule has 0 aliphatic heterocycles. The van der Waals surface area contributed by atoms with Crippen LogP contribution in [0.2, 0.25) is 0 Å². The van der Waals surface area contributed by atoms with Gasteiger partial charge in [0.05, 0.1) is 19.4 Å². The lowest BCUT2D eigenvalue weighted by Gasteiger charge is -2.07. The van der Waals surface area contributed by atoms with E-state index in [0.29, 0.717) is 23.1 Å². The van der Waals surface area contributed by atoms with Crippen LogP contribution in [0.1, 0.15) is 36.5 Å². The molecule has 3 aromatic rings. The van der Waals surface area contributed by atoms with Crippen LogP contribution in [0.15, 0.2) is 53.9 Å². The zero-order chi connectivity index (χ0) is 19.8. The van der Waals surface area contributed by atoms with Gasteiger partial charge in [0, 0.05) is 16.5 Å². The van der Waals surface area contributed by atoms with Crippen LogP contribution in [0.4, 0.5) is 5.13 Å². The van der Waals surface area contributed by atoms with Crippen molar-refractivity contribution in [2.24, 2.45) is 0 Å². The highest BCUT2D eigenvalue weighted by Gasteiger charge is 2.11. The van der Waals surface area contributed by atoms with Crippen molar-refractivity contribution < 1.29 is 14.3 Å². The van der Waals surface area contributed by atoms with Crippen LogP contribution < -0.4 is 14.8 Å². The van der Waals surface area contributed by atoms with E-state index in [1.807, 2.05) is 41.8 Å². The Labute approximate surface area is 169 Å². The molecule has 146 valence electrons. The fourth-order valence-corrected chi connectivity index (χ4v) is 3.40. The van der Waals surface area contributed by atoms with Crippen molar-refractivity contribution in [3.05, 3.63) is 59.5 Å². The zero-order valence-corrected chi connectivity index (χ0v) is 16.9. The quantitative estimate of drug-likeness (QED) is 0.476. The smallest absolute Gasteiger partial charge is 0.257 e. The number of thiazole rings is 1. The molecule has 1 aromatic heterocycles. The van der Waals surface area contributed by atoms with E-state index in [1.165, 1.54) is 11.3 Å². The molecule has 1 N–H and O–H groups in total. The van der Waals surface area contributed by atoms with E-state index >= 15 is 0 Å². The number of amides is 1. The van der Waals surface area contributed by atoms with Gasteiger partial charge < -0.3 is 9.47 Å². The summed E-state index contributed by atoms with van der Waals surface area (Å²) in [7, 11) is 1.63. The number of methoxy groups -OCH3 is 1. The molecule has 0 fully saturated rings. The van der Waals surface area contributed by atoms with Gasteiger partial charge in [-0.3, -0.25) is 10.1 Å². The molecule has 0 unspecified atom stereocenters. The molecule has 0 bridgehead atoms. The molecule has 0 atom stereocenters. The SMILES string of the molecule is CCCCCOc1cccc(C(=O)Nc2nc(-c3cccc(OC)c3)cs2)c1. The summed E-state index contributed by atoms with van der Waals surface area (Å²) in [5.74, 6) is 1.28. The number of carbonyl (C=O) groups excluding carboxylic acids is 1. The van der Waals surface area contributed by atoms with E-state index in [4.69, 9.17) is 9.47 Å². The van der Waals surface area contributed by atoms with Crippen LogP contribution in [0.25, 0.3) is 11.3 Å². The van der Waals surface area contributed by atoms with Gasteiger partial charge in [0.1, 0.15) is 11.5 Å². The maximum absolute atomic E-state index is 12.6. The third-order valence-electron chi connectivity index (χ3n) is 4.20. The summed E-state index contributed by atoms with van der Waals surface area (Å²) < 4.78 is 11.0. The Balaban J connectivity index is 1.64. The Morgan fingerprint density at radius 1 is 1.11 bits per heavy atom. The molecule has 0 saturated carbocycles. The minimum atomic E-state index is -0.203. The molecule has 6 heteroatoms. The number of hydrogen-bond acceptors (Lipinski definition) is 5. The number of aromatic nitrogens is 1. The fourth-order valence-electron chi connectivity index (χ4n) is 2.68. The predicted molar refractivity (Wildman–Crippen MR) is 114 cm³/mol. The van der Waals surface area contributed by atoms with Crippen LogP contribution in [-0.4, -0.2) is 24.6 Å². The van der Waals surface area contributed by atoms with Gasteiger partial charge in [0.15, 0.2) is 5.13 Å². The molecular formula is C22H24N2O3S. The van der Waals surface area contributed by atoms with E-state index < -0.39 is 0 Å². The van der Waals surface area contributed by atoms with Crippen molar-refractivity contribution in [3.63, 3.8) is 0 Å². The minimum absolute atomic E-state index is 0.203. The Morgan fingerprint density at radius 3 is 2.75 bits per heavy atom. The summed E-state index contributed by atoms with van der Waals surface area (Å²) in [6.07, 6.45) is 3.30. The van der Waals surface area contributed by atoms with Crippen molar-refractivity contribution in [3.8, 4) is 22.8 Å². The summed E-state index contributed by atoms with van der Waals surface area (Å²) in [6.45, 7) is 2.82. The van der Waals surface area contributed by atoms with Gasteiger partial charge in [0.2, 0.25) is 0 Å². The molecule has 0 spiro atoms. The van der Waals surface area contributed by atoms with Crippen molar-refractivity contribution in [1.82, 2.24) is 4.98 Å². The number of hydrogen-bond donors (Lipinski definition) is 1. The molecule has 0 saturated heterocycles. The highest BCUT2D eigenvalue weighted by molar-refractivity contribution is 7.14. The third kappa shape index (κ3) is 5.33. The highest BCUT2D eigenvalue weighted by Crippen LogP contribution is 2.27. The number of carbonyl (C=O) groups is 1. The van der Waals surface area contributed by atoms with Gasteiger partial charge in [-0.25, -0.2) is 4.98 Å². The lowest BCUT2D eigenvalue weighted by Crippen LogP contribution is -2.11. The fraction of sp³-hybridized carbons (Fsp3) is 0.273. The Bertz CT molecular complexity index is 923. The standard InChI is InChI=1S/C22H24N2O3S/c1-3-4-5-12-27-19-11-7-9-17(14-19)21(25)24-22-23-20(15-28-22)16-8-6-10-18(13-16)26-2/h6-11,13-15H,3-5,12H2,1-2H3,(H,23,24,25). The summed E-state index contributed by atoms with van der Waals surface area (Å²) in [5, 5.41) is 5.33. The van der Waals surface area contributed by atoms with E-state index in [2.05, 4.69) is 17.2 Å². The Kier molecular flexibility index (Phi) is 7.03. The van der Waals surface area contributed by atoms with Gasteiger partial charge in [-0.1, -0.05) is 38.0 Å². The molecular weight excluding hydrogens is 372 g/mol. The molecule has 28 heavy (non-hydrogen) atoms. The van der Waals surface area contributed by atoms with Gasteiger partial charge >= 0.3 is 0 Å². The average Bonchev–Trinajstić information content (AvgIpc) is 3.20. The number of unbranched alkanes of at least 4 members (excludes halogenated alkanes) is 2.